The molecule has 0 aromatic carbocycles. The SMILES string of the molecule is OCC1CC(n2cnc3c(O)ncnc32)C(O)C1O. The van der Waals surface area contributed by atoms with Crippen LogP contribution >= 0.6 is 0 Å². The van der Waals surface area contributed by atoms with Crippen LogP contribution in [0, 0.1) is 5.92 Å². The van der Waals surface area contributed by atoms with Gasteiger partial charge >= 0.3 is 0 Å². The lowest BCUT2D eigenvalue weighted by Gasteiger charge is -2.18. The van der Waals surface area contributed by atoms with Gasteiger partial charge in [-0.1, -0.05) is 0 Å². The van der Waals surface area contributed by atoms with E-state index in [-0.39, 0.29) is 23.9 Å². The van der Waals surface area contributed by atoms with Crippen molar-refractivity contribution in [1.29, 1.82) is 0 Å². The summed E-state index contributed by atoms with van der Waals surface area (Å²) in [6.07, 6.45) is 1.07. The molecule has 0 saturated heterocycles. The number of aromatic hydroxyl groups is 1. The number of hydrogen-bond donors (Lipinski definition) is 4. The highest BCUT2D eigenvalue weighted by Crippen LogP contribution is 2.36. The third-order valence-electron chi connectivity index (χ3n) is 3.70. The maximum Gasteiger partial charge on any atom is 0.242 e. The lowest BCUT2D eigenvalue weighted by molar-refractivity contribution is -0.00370. The van der Waals surface area contributed by atoms with Gasteiger partial charge in [0.1, 0.15) is 12.4 Å². The number of imidazole rings is 1. The van der Waals surface area contributed by atoms with Crippen molar-refractivity contribution in [3.05, 3.63) is 12.7 Å². The molecule has 2 aromatic heterocycles. The average molecular weight is 266 g/mol. The van der Waals surface area contributed by atoms with Crippen LogP contribution in [-0.4, -0.2) is 58.8 Å². The first-order valence-electron chi connectivity index (χ1n) is 5.97. The Kier molecular flexibility index (Phi) is 2.85. The molecule has 0 amide bonds. The minimum Gasteiger partial charge on any atom is -0.492 e. The average Bonchev–Trinajstić information content (AvgIpc) is 2.94. The van der Waals surface area contributed by atoms with Crippen LogP contribution < -0.4 is 0 Å². The Morgan fingerprint density at radius 1 is 1.21 bits per heavy atom. The minimum absolute atomic E-state index is 0.193. The molecule has 1 aliphatic rings. The molecule has 0 bridgehead atoms. The second-order valence-corrected chi connectivity index (χ2v) is 4.75. The molecule has 19 heavy (non-hydrogen) atoms. The highest BCUT2D eigenvalue weighted by Gasteiger charge is 2.42. The van der Waals surface area contributed by atoms with Crippen LogP contribution in [0.3, 0.4) is 0 Å². The minimum atomic E-state index is -1.01. The Morgan fingerprint density at radius 2 is 2.00 bits per heavy atom. The van der Waals surface area contributed by atoms with E-state index < -0.39 is 18.2 Å². The van der Waals surface area contributed by atoms with E-state index in [1.165, 1.54) is 12.7 Å². The summed E-state index contributed by atoms with van der Waals surface area (Å²) >= 11 is 0. The predicted octanol–water partition coefficient (Wildman–Crippen LogP) is -1.19. The molecule has 0 aliphatic heterocycles. The lowest BCUT2D eigenvalue weighted by atomic mass is 10.1. The van der Waals surface area contributed by atoms with E-state index in [1.54, 1.807) is 4.57 Å². The number of aliphatic hydroxyl groups excluding tert-OH is 3. The van der Waals surface area contributed by atoms with Gasteiger partial charge in [0.15, 0.2) is 11.2 Å². The number of rotatable bonds is 2. The predicted molar refractivity (Wildman–Crippen MR) is 63.2 cm³/mol. The van der Waals surface area contributed by atoms with E-state index in [0.717, 1.165) is 0 Å². The molecule has 2 aromatic rings. The van der Waals surface area contributed by atoms with E-state index in [1.807, 2.05) is 0 Å². The van der Waals surface area contributed by atoms with Crippen LogP contribution in [0.2, 0.25) is 0 Å². The zero-order valence-electron chi connectivity index (χ0n) is 9.96. The molecule has 1 saturated carbocycles. The smallest absolute Gasteiger partial charge is 0.242 e. The van der Waals surface area contributed by atoms with E-state index in [4.69, 9.17) is 5.11 Å². The summed E-state index contributed by atoms with van der Waals surface area (Å²) in [4.78, 5) is 11.7. The Labute approximate surface area is 108 Å². The monoisotopic (exact) mass is 266 g/mol. The Balaban J connectivity index is 2.04. The topological polar surface area (TPSA) is 125 Å². The molecule has 8 heteroatoms. The van der Waals surface area contributed by atoms with Gasteiger partial charge in [0.2, 0.25) is 5.88 Å². The van der Waals surface area contributed by atoms with Gasteiger partial charge in [-0.05, 0) is 6.42 Å². The van der Waals surface area contributed by atoms with Crippen LogP contribution in [0.4, 0.5) is 0 Å². The summed E-state index contributed by atoms with van der Waals surface area (Å²) in [5, 5.41) is 38.6. The molecule has 4 unspecified atom stereocenters. The van der Waals surface area contributed by atoms with Crippen LogP contribution in [0.25, 0.3) is 11.2 Å². The van der Waals surface area contributed by atoms with Crippen molar-refractivity contribution in [2.45, 2.75) is 24.7 Å². The molecule has 2 heterocycles. The molecule has 102 valence electrons. The van der Waals surface area contributed by atoms with Gasteiger partial charge in [0.25, 0.3) is 0 Å². The first kappa shape index (κ1) is 12.3. The van der Waals surface area contributed by atoms with Gasteiger partial charge in [-0.25, -0.2) is 9.97 Å². The second kappa shape index (κ2) is 4.41. The highest BCUT2D eigenvalue weighted by atomic mass is 16.3. The van der Waals surface area contributed by atoms with Gasteiger partial charge in [-0.3, -0.25) is 0 Å². The third kappa shape index (κ3) is 1.76. The maximum atomic E-state index is 10.0. The van der Waals surface area contributed by atoms with Crippen LogP contribution in [-0.2, 0) is 0 Å². The largest absolute Gasteiger partial charge is 0.492 e. The van der Waals surface area contributed by atoms with Crippen LogP contribution in [0.5, 0.6) is 5.88 Å². The molecule has 0 spiro atoms. The van der Waals surface area contributed by atoms with E-state index >= 15 is 0 Å². The van der Waals surface area contributed by atoms with Gasteiger partial charge in [0, 0.05) is 12.5 Å². The molecule has 4 atom stereocenters. The molecule has 1 aliphatic carbocycles. The standard InChI is InChI=1S/C11H14N4O4/c16-2-5-1-6(9(18)8(5)17)15-4-14-7-10(15)12-3-13-11(7)19/h3-6,8-9,16-18H,1-2H2,(H,12,13,19). The summed E-state index contributed by atoms with van der Waals surface area (Å²) in [5.41, 5.74) is 0.638. The zero-order chi connectivity index (χ0) is 13.6. The van der Waals surface area contributed by atoms with Crippen molar-refractivity contribution in [2.75, 3.05) is 6.61 Å². The van der Waals surface area contributed by atoms with Crippen molar-refractivity contribution in [1.82, 2.24) is 19.5 Å². The Bertz CT molecular complexity index is 601. The number of hydrogen-bond acceptors (Lipinski definition) is 7. The lowest BCUT2D eigenvalue weighted by Crippen LogP contribution is -2.30. The van der Waals surface area contributed by atoms with E-state index in [9.17, 15) is 15.3 Å². The van der Waals surface area contributed by atoms with Gasteiger partial charge < -0.3 is 25.0 Å². The van der Waals surface area contributed by atoms with Crippen molar-refractivity contribution in [3.8, 4) is 5.88 Å². The van der Waals surface area contributed by atoms with Crippen molar-refractivity contribution < 1.29 is 20.4 Å². The fraction of sp³-hybridized carbons (Fsp3) is 0.545. The van der Waals surface area contributed by atoms with Crippen molar-refractivity contribution in [2.24, 2.45) is 5.92 Å². The molecule has 4 N–H and O–H groups in total. The fourth-order valence-electron chi connectivity index (χ4n) is 2.64. The maximum absolute atomic E-state index is 10.0. The normalized spacial score (nSPS) is 31.1. The van der Waals surface area contributed by atoms with E-state index in [2.05, 4.69) is 15.0 Å². The molecule has 3 rings (SSSR count). The first-order valence-corrected chi connectivity index (χ1v) is 5.97. The second-order valence-electron chi connectivity index (χ2n) is 4.75. The van der Waals surface area contributed by atoms with Crippen molar-refractivity contribution in [3.63, 3.8) is 0 Å². The Hall–Kier alpha value is -1.77. The quantitative estimate of drug-likeness (QED) is 0.538. The summed E-state index contributed by atoms with van der Waals surface area (Å²) in [7, 11) is 0. The molecule has 0 radical (unpaired) electrons. The van der Waals surface area contributed by atoms with Crippen molar-refractivity contribution >= 4 is 11.2 Å². The van der Waals surface area contributed by atoms with Crippen LogP contribution in [0.1, 0.15) is 12.5 Å². The molecular weight excluding hydrogens is 252 g/mol. The highest BCUT2D eigenvalue weighted by molar-refractivity contribution is 5.75. The summed E-state index contributed by atoms with van der Waals surface area (Å²) in [5.74, 6) is -0.608. The zero-order valence-corrected chi connectivity index (χ0v) is 9.96. The molecule has 1 fully saturated rings. The Morgan fingerprint density at radius 3 is 2.68 bits per heavy atom. The molecule has 8 nitrogen and oxygen atoms in total. The van der Waals surface area contributed by atoms with E-state index in [0.29, 0.717) is 12.1 Å². The van der Waals surface area contributed by atoms with Gasteiger partial charge in [-0.15, -0.1) is 0 Å². The number of aromatic nitrogens is 4. The number of nitrogens with zero attached hydrogens (tertiary/aromatic N) is 4. The number of aliphatic hydroxyl groups is 3. The first-order chi connectivity index (χ1) is 9.13. The third-order valence-corrected chi connectivity index (χ3v) is 3.70. The number of fused-ring (bicyclic) bond motifs is 1. The van der Waals surface area contributed by atoms with Crippen LogP contribution in [0.15, 0.2) is 12.7 Å². The van der Waals surface area contributed by atoms with Gasteiger partial charge in [0.05, 0.1) is 18.5 Å². The summed E-state index contributed by atoms with van der Waals surface area (Å²) < 4.78 is 1.60. The summed E-state index contributed by atoms with van der Waals surface area (Å²) in [6.45, 7) is -0.193. The fourth-order valence-corrected chi connectivity index (χ4v) is 2.64. The van der Waals surface area contributed by atoms with Gasteiger partial charge in [-0.2, -0.15) is 4.98 Å². The summed E-state index contributed by atoms with van der Waals surface area (Å²) in [6, 6.07) is -0.438. The molecular formula is C11H14N4O4.